The van der Waals surface area contributed by atoms with Crippen LogP contribution in [0.5, 0.6) is 0 Å². The Balaban J connectivity index is 1.94. The molecule has 2 aliphatic rings. The van der Waals surface area contributed by atoms with E-state index in [2.05, 4.69) is 4.74 Å². The molecule has 0 aromatic heterocycles. The summed E-state index contributed by atoms with van der Waals surface area (Å²) >= 11 is 1.98. The van der Waals surface area contributed by atoms with Gasteiger partial charge >= 0.3 is 18.1 Å². The lowest BCUT2D eigenvalue weighted by Gasteiger charge is -2.29. The predicted molar refractivity (Wildman–Crippen MR) is 74.7 cm³/mol. The normalized spacial score (nSPS) is 32.8. The molecule has 4 nitrogen and oxygen atoms in total. The maximum atomic E-state index is 12.2. The maximum Gasteiger partial charge on any atom is 0.490 e. The first-order chi connectivity index (χ1) is 9.72. The second-order valence-corrected chi connectivity index (χ2v) is 7.03. The number of alkyl halides is 4. The first-order valence-corrected chi connectivity index (χ1v) is 8.09. The van der Waals surface area contributed by atoms with Crippen molar-refractivity contribution in [3.05, 3.63) is 0 Å². The van der Waals surface area contributed by atoms with Crippen LogP contribution in [0.1, 0.15) is 32.6 Å². The average molecular weight is 420 g/mol. The lowest BCUT2D eigenvalue weighted by Crippen LogP contribution is -2.39. The molecule has 0 aromatic carbocycles. The SMILES string of the molecule is CCC(I)C(=O)OC1CC2CC(OC(=O)C(F)(F)F)C1C2. The van der Waals surface area contributed by atoms with Crippen LogP contribution in [0.3, 0.4) is 0 Å². The zero-order valence-corrected chi connectivity index (χ0v) is 13.5. The van der Waals surface area contributed by atoms with Crippen molar-refractivity contribution in [3.8, 4) is 0 Å². The summed E-state index contributed by atoms with van der Waals surface area (Å²) in [6.07, 6.45) is -3.89. The summed E-state index contributed by atoms with van der Waals surface area (Å²) in [7, 11) is 0. The number of hydrogen-bond acceptors (Lipinski definition) is 4. The Morgan fingerprint density at radius 1 is 1.19 bits per heavy atom. The van der Waals surface area contributed by atoms with Crippen molar-refractivity contribution in [1.29, 1.82) is 0 Å². The third-order valence-corrected chi connectivity index (χ3v) is 5.45. The van der Waals surface area contributed by atoms with Gasteiger partial charge in [0.25, 0.3) is 0 Å². The second-order valence-electron chi connectivity index (χ2n) is 5.53. The number of carbonyl (C=O) groups is 2. The van der Waals surface area contributed by atoms with E-state index in [-0.39, 0.29) is 21.7 Å². The Hall–Kier alpha value is -0.540. The van der Waals surface area contributed by atoms with E-state index in [4.69, 9.17) is 4.74 Å². The Morgan fingerprint density at radius 2 is 1.76 bits per heavy atom. The highest BCUT2D eigenvalue weighted by atomic mass is 127. The van der Waals surface area contributed by atoms with Crippen LogP contribution < -0.4 is 0 Å². The molecule has 0 saturated heterocycles. The molecule has 2 bridgehead atoms. The van der Waals surface area contributed by atoms with Gasteiger partial charge < -0.3 is 9.47 Å². The smallest absolute Gasteiger partial charge is 0.461 e. The highest BCUT2D eigenvalue weighted by Crippen LogP contribution is 2.48. The summed E-state index contributed by atoms with van der Waals surface area (Å²) in [6, 6.07) is 0. The number of esters is 2. The van der Waals surface area contributed by atoms with E-state index < -0.39 is 24.4 Å². The second kappa shape index (κ2) is 6.29. The molecule has 120 valence electrons. The molecule has 0 N–H and O–H groups in total. The summed E-state index contributed by atoms with van der Waals surface area (Å²) < 4.78 is 46.4. The van der Waals surface area contributed by atoms with Gasteiger partial charge in [-0.1, -0.05) is 29.5 Å². The van der Waals surface area contributed by atoms with E-state index in [0.717, 1.165) is 0 Å². The molecule has 2 saturated carbocycles. The topological polar surface area (TPSA) is 52.6 Å². The molecule has 0 heterocycles. The van der Waals surface area contributed by atoms with Crippen molar-refractivity contribution in [3.63, 3.8) is 0 Å². The Morgan fingerprint density at radius 3 is 2.24 bits per heavy atom. The van der Waals surface area contributed by atoms with Gasteiger partial charge in [0.1, 0.15) is 16.1 Å². The van der Waals surface area contributed by atoms with Crippen LogP contribution >= 0.6 is 22.6 Å². The van der Waals surface area contributed by atoms with Crippen LogP contribution in [-0.4, -0.2) is 34.2 Å². The maximum absolute atomic E-state index is 12.2. The molecule has 0 aromatic rings. The van der Waals surface area contributed by atoms with E-state index in [1.54, 1.807) is 0 Å². The fourth-order valence-electron chi connectivity index (χ4n) is 3.09. The van der Waals surface area contributed by atoms with Crippen LogP contribution in [0.2, 0.25) is 0 Å². The number of ether oxygens (including phenoxy) is 2. The van der Waals surface area contributed by atoms with Gasteiger partial charge in [-0.3, -0.25) is 4.79 Å². The van der Waals surface area contributed by atoms with Gasteiger partial charge in [0.2, 0.25) is 0 Å². The van der Waals surface area contributed by atoms with Crippen LogP contribution in [0.4, 0.5) is 13.2 Å². The van der Waals surface area contributed by atoms with Crippen molar-refractivity contribution in [2.75, 3.05) is 0 Å². The molecule has 5 unspecified atom stereocenters. The van der Waals surface area contributed by atoms with Gasteiger partial charge in [-0.25, -0.2) is 4.79 Å². The number of hydrogen-bond donors (Lipinski definition) is 0. The van der Waals surface area contributed by atoms with E-state index in [0.29, 0.717) is 25.7 Å². The highest BCUT2D eigenvalue weighted by Gasteiger charge is 2.52. The molecule has 2 fully saturated rings. The lowest BCUT2D eigenvalue weighted by atomic mass is 9.94. The van der Waals surface area contributed by atoms with E-state index in [1.165, 1.54) is 0 Å². The summed E-state index contributed by atoms with van der Waals surface area (Å²) in [5.41, 5.74) is 0. The molecule has 8 heteroatoms. The minimum atomic E-state index is -4.98. The van der Waals surface area contributed by atoms with Crippen molar-refractivity contribution in [2.24, 2.45) is 11.8 Å². The Bertz CT molecular complexity index is 426. The van der Waals surface area contributed by atoms with Crippen molar-refractivity contribution < 1.29 is 32.2 Å². The average Bonchev–Trinajstić information content (AvgIpc) is 2.95. The molecular formula is C13H16F3IO4. The molecule has 0 amide bonds. The van der Waals surface area contributed by atoms with Gasteiger partial charge in [-0.05, 0) is 31.6 Å². The first-order valence-electron chi connectivity index (χ1n) is 6.84. The number of carbonyl (C=O) groups excluding carboxylic acids is 2. The standard InChI is InChI=1S/C13H16F3IO4/c1-2-8(17)11(18)20-9-4-6-3-7(9)10(5-6)21-12(19)13(14,15)16/h6-10H,2-5H2,1H3. The van der Waals surface area contributed by atoms with Crippen LogP contribution in [0, 0.1) is 11.8 Å². The summed E-state index contributed by atoms with van der Waals surface area (Å²) in [4.78, 5) is 22.7. The fourth-order valence-corrected chi connectivity index (χ4v) is 3.24. The molecule has 5 atom stereocenters. The molecule has 0 aliphatic heterocycles. The Kier molecular flexibility index (Phi) is 5.04. The zero-order valence-electron chi connectivity index (χ0n) is 11.4. The minimum absolute atomic E-state index is 0.160. The van der Waals surface area contributed by atoms with Crippen molar-refractivity contribution >= 4 is 34.5 Å². The van der Waals surface area contributed by atoms with Gasteiger partial charge in [-0.2, -0.15) is 13.2 Å². The molecular weight excluding hydrogens is 404 g/mol. The van der Waals surface area contributed by atoms with Crippen LogP contribution in [0.25, 0.3) is 0 Å². The largest absolute Gasteiger partial charge is 0.490 e. The summed E-state index contributed by atoms with van der Waals surface area (Å²) in [5, 5.41) is 0. The van der Waals surface area contributed by atoms with Gasteiger partial charge in [0, 0.05) is 5.92 Å². The van der Waals surface area contributed by atoms with E-state index in [9.17, 15) is 22.8 Å². The molecule has 2 aliphatic carbocycles. The van der Waals surface area contributed by atoms with Gasteiger partial charge in [0.15, 0.2) is 0 Å². The highest BCUT2D eigenvalue weighted by molar-refractivity contribution is 14.1. The van der Waals surface area contributed by atoms with Crippen molar-refractivity contribution in [1.82, 2.24) is 0 Å². The Labute approximate surface area is 133 Å². The quantitative estimate of drug-likeness (QED) is 0.399. The van der Waals surface area contributed by atoms with Gasteiger partial charge in [-0.15, -0.1) is 0 Å². The van der Waals surface area contributed by atoms with Gasteiger partial charge in [0.05, 0.1) is 0 Å². The van der Waals surface area contributed by atoms with Crippen molar-refractivity contribution in [2.45, 2.75) is 54.9 Å². The molecule has 21 heavy (non-hydrogen) atoms. The van der Waals surface area contributed by atoms with Crippen LogP contribution in [-0.2, 0) is 19.1 Å². The summed E-state index contributed by atoms with van der Waals surface area (Å²) in [5.74, 6) is -2.67. The third kappa shape index (κ3) is 3.81. The predicted octanol–water partition coefficient (Wildman–Crippen LogP) is 3.02. The monoisotopic (exact) mass is 420 g/mol. The minimum Gasteiger partial charge on any atom is -0.461 e. The number of rotatable bonds is 4. The van der Waals surface area contributed by atoms with E-state index in [1.807, 2.05) is 29.5 Å². The zero-order chi connectivity index (χ0) is 15.8. The van der Waals surface area contributed by atoms with E-state index >= 15 is 0 Å². The molecule has 2 rings (SSSR count). The summed E-state index contributed by atoms with van der Waals surface area (Å²) in [6.45, 7) is 1.85. The lowest BCUT2D eigenvalue weighted by molar-refractivity contribution is -0.209. The third-order valence-electron chi connectivity index (χ3n) is 4.06. The molecule has 0 radical (unpaired) electrons. The first kappa shape index (κ1) is 16.8. The fraction of sp³-hybridized carbons (Fsp3) is 0.846. The number of halogens is 4. The van der Waals surface area contributed by atoms with Crippen LogP contribution in [0.15, 0.2) is 0 Å². The molecule has 0 spiro atoms. The number of fused-ring (bicyclic) bond motifs is 2.